The van der Waals surface area contributed by atoms with Gasteiger partial charge in [-0.25, -0.2) is 14.1 Å². The first-order valence-electron chi connectivity index (χ1n) is 13.5. The molecule has 1 saturated heterocycles. The fourth-order valence-electron chi connectivity index (χ4n) is 4.81. The molecule has 0 atom stereocenters. The van der Waals surface area contributed by atoms with Gasteiger partial charge in [0.05, 0.1) is 5.69 Å². The molecule has 5 aromatic carbocycles. The van der Waals surface area contributed by atoms with E-state index in [1.807, 2.05) is 60.7 Å². The first-order chi connectivity index (χ1) is 21.0. The number of hydrogen-bond acceptors (Lipinski definition) is 5. The minimum absolute atomic E-state index is 0.0652. The molecule has 0 spiro atoms. The van der Waals surface area contributed by atoms with Crippen molar-refractivity contribution < 1.29 is 28.2 Å². The molecule has 0 aliphatic carbocycles. The van der Waals surface area contributed by atoms with E-state index >= 15 is 0 Å². The average Bonchev–Trinajstić information content (AvgIpc) is 3.02. The Morgan fingerprint density at radius 3 is 2.23 bits per heavy atom. The van der Waals surface area contributed by atoms with E-state index in [-0.39, 0.29) is 23.7 Å². The van der Waals surface area contributed by atoms with Crippen molar-refractivity contribution in [1.82, 2.24) is 5.32 Å². The number of ether oxygens (including phenoxy) is 2. The van der Waals surface area contributed by atoms with E-state index < -0.39 is 17.8 Å². The van der Waals surface area contributed by atoms with Gasteiger partial charge in [0.1, 0.15) is 36.1 Å². The quantitative estimate of drug-likeness (QED) is 0.163. The van der Waals surface area contributed by atoms with Crippen LogP contribution in [0.4, 0.5) is 14.9 Å². The molecule has 0 radical (unpaired) electrons. The summed E-state index contributed by atoms with van der Waals surface area (Å²) < 4.78 is 25.6. The molecule has 1 heterocycles. The normalized spacial score (nSPS) is 14.2. The minimum Gasteiger partial charge on any atom is -0.489 e. The smallest absolute Gasteiger partial charge is 0.335 e. The molecular weight excluding hydrogens is 547 g/mol. The lowest BCUT2D eigenvalue weighted by Crippen LogP contribution is -2.54. The van der Waals surface area contributed by atoms with E-state index in [1.165, 1.54) is 18.2 Å². The second-order valence-corrected chi connectivity index (χ2v) is 9.84. The molecule has 0 aromatic heterocycles. The van der Waals surface area contributed by atoms with Crippen molar-refractivity contribution in [2.45, 2.75) is 13.2 Å². The summed E-state index contributed by atoms with van der Waals surface area (Å²) in [5.74, 6) is -1.04. The van der Waals surface area contributed by atoms with Gasteiger partial charge in [-0.1, -0.05) is 72.8 Å². The zero-order valence-electron chi connectivity index (χ0n) is 22.8. The third-order valence-corrected chi connectivity index (χ3v) is 6.95. The van der Waals surface area contributed by atoms with Gasteiger partial charge in [-0.15, -0.1) is 0 Å². The van der Waals surface area contributed by atoms with Crippen molar-refractivity contribution in [2.24, 2.45) is 0 Å². The summed E-state index contributed by atoms with van der Waals surface area (Å²) in [6, 6.07) is 32.4. The standard InChI is InChI=1S/C35H25FN2O5/c36-26-11-6-9-24(19-26)22-43-32-18-13-25-10-4-5-12-29(25)30(32)20-31-33(39)37-35(41)38(34(31)40)27-14-16-28(17-15-27)42-21-23-7-2-1-3-8-23/h1-20H,21-22H2,(H,37,39,41)/b31-20+. The molecule has 43 heavy (non-hydrogen) atoms. The Bertz CT molecular complexity index is 1870. The van der Waals surface area contributed by atoms with E-state index in [0.29, 0.717) is 29.2 Å². The van der Waals surface area contributed by atoms with Crippen molar-refractivity contribution in [3.8, 4) is 11.5 Å². The number of barbiturate groups is 1. The predicted molar refractivity (Wildman–Crippen MR) is 161 cm³/mol. The largest absolute Gasteiger partial charge is 0.489 e. The molecule has 1 aliphatic heterocycles. The van der Waals surface area contributed by atoms with Crippen LogP contribution < -0.4 is 19.7 Å². The molecule has 8 heteroatoms. The van der Waals surface area contributed by atoms with E-state index in [1.54, 1.807) is 42.5 Å². The molecule has 5 aromatic rings. The third kappa shape index (κ3) is 5.99. The Morgan fingerprint density at radius 2 is 1.44 bits per heavy atom. The van der Waals surface area contributed by atoms with Crippen molar-refractivity contribution in [1.29, 1.82) is 0 Å². The lowest BCUT2D eigenvalue weighted by molar-refractivity contribution is -0.122. The molecule has 4 amide bonds. The number of fused-ring (bicyclic) bond motifs is 1. The maximum Gasteiger partial charge on any atom is 0.335 e. The van der Waals surface area contributed by atoms with Crippen LogP contribution in [0.3, 0.4) is 0 Å². The number of imide groups is 2. The predicted octanol–water partition coefficient (Wildman–Crippen LogP) is 6.80. The number of benzene rings is 5. The number of amides is 4. The highest BCUT2D eigenvalue weighted by atomic mass is 19.1. The van der Waals surface area contributed by atoms with Gasteiger partial charge in [-0.3, -0.25) is 14.9 Å². The number of rotatable bonds is 8. The summed E-state index contributed by atoms with van der Waals surface area (Å²) in [4.78, 5) is 40.4. The van der Waals surface area contributed by atoms with Crippen molar-refractivity contribution in [2.75, 3.05) is 4.90 Å². The number of halogens is 1. The van der Waals surface area contributed by atoms with Gasteiger partial charge >= 0.3 is 6.03 Å². The van der Waals surface area contributed by atoms with Gasteiger partial charge in [-0.05, 0) is 70.4 Å². The van der Waals surface area contributed by atoms with Crippen LogP contribution in [0.25, 0.3) is 16.8 Å². The third-order valence-electron chi connectivity index (χ3n) is 6.95. The van der Waals surface area contributed by atoms with Crippen molar-refractivity contribution in [3.05, 3.63) is 143 Å². The summed E-state index contributed by atoms with van der Waals surface area (Å²) >= 11 is 0. The summed E-state index contributed by atoms with van der Waals surface area (Å²) in [6.07, 6.45) is 1.43. The van der Waals surface area contributed by atoms with Gasteiger partial charge in [-0.2, -0.15) is 0 Å². The van der Waals surface area contributed by atoms with Crippen LogP contribution >= 0.6 is 0 Å². The minimum atomic E-state index is -0.856. The van der Waals surface area contributed by atoms with Crippen molar-refractivity contribution in [3.63, 3.8) is 0 Å². The van der Waals surface area contributed by atoms with Gasteiger partial charge in [0, 0.05) is 5.56 Å². The average molecular weight is 573 g/mol. The molecule has 0 bridgehead atoms. The number of carbonyl (C=O) groups is 3. The molecule has 0 saturated carbocycles. The topological polar surface area (TPSA) is 84.9 Å². The Kier molecular flexibility index (Phi) is 7.65. The Morgan fingerprint density at radius 1 is 0.721 bits per heavy atom. The summed E-state index contributed by atoms with van der Waals surface area (Å²) in [5.41, 5.74) is 2.13. The van der Waals surface area contributed by atoms with Crippen LogP contribution in [0.2, 0.25) is 0 Å². The van der Waals surface area contributed by atoms with Gasteiger partial charge in [0.25, 0.3) is 11.8 Å². The van der Waals surface area contributed by atoms with Crippen LogP contribution in [0.1, 0.15) is 16.7 Å². The lowest BCUT2D eigenvalue weighted by Gasteiger charge is -2.26. The van der Waals surface area contributed by atoms with Gasteiger partial charge in [0.15, 0.2) is 0 Å². The van der Waals surface area contributed by atoms with E-state index in [0.717, 1.165) is 21.2 Å². The monoisotopic (exact) mass is 572 g/mol. The van der Waals surface area contributed by atoms with E-state index in [4.69, 9.17) is 9.47 Å². The summed E-state index contributed by atoms with van der Waals surface area (Å²) in [7, 11) is 0. The number of hydrogen-bond donors (Lipinski definition) is 1. The summed E-state index contributed by atoms with van der Waals surface area (Å²) in [6.45, 7) is 0.426. The second kappa shape index (κ2) is 12.0. The molecular formula is C35H25FN2O5. The maximum absolute atomic E-state index is 13.7. The van der Waals surface area contributed by atoms with Crippen LogP contribution in [0.15, 0.2) is 121 Å². The molecule has 0 unspecified atom stereocenters. The number of urea groups is 1. The highest BCUT2D eigenvalue weighted by Gasteiger charge is 2.37. The second-order valence-electron chi connectivity index (χ2n) is 9.84. The van der Waals surface area contributed by atoms with Crippen LogP contribution in [-0.4, -0.2) is 17.8 Å². The molecule has 6 rings (SSSR count). The highest BCUT2D eigenvalue weighted by Crippen LogP contribution is 2.33. The zero-order valence-corrected chi connectivity index (χ0v) is 22.8. The highest BCUT2D eigenvalue weighted by molar-refractivity contribution is 6.39. The zero-order chi connectivity index (χ0) is 29.8. The molecule has 1 aliphatic rings. The number of carbonyl (C=O) groups excluding carboxylic acids is 3. The first-order valence-corrected chi connectivity index (χ1v) is 13.5. The first kappa shape index (κ1) is 27.4. The number of nitrogens with zero attached hydrogens (tertiary/aromatic N) is 1. The van der Waals surface area contributed by atoms with Crippen LogP contribution in [0, 0.1) is 5.82 Å². The van der Waals surface area contributed by atoms with E-state index in [2.05, 4.69) is 5.32 Å². The lowest BCUT2D eigenvalue weighted by atomic mass is 9.99. The SMILES string of the molecule is O=C1NC(=O)N(c2ccc(OCc3ccccc3)cc2)C(=O)/C1=C/c1c(OCc2cccc(F)c2)ccc2ccccc12. The molecule has 1 fully saturated rings. The van der Waals surface area contributed by atoms with Crippen LogP contribution in [-0.2, 0) is 22.8 Å². The van der Waals surface area contributed by atoms with Gasteiger partial charge < -0.3 is 9.47 Å². The van der Waals surface area contributed by atoms with Crippen LogP contribution in [0.5, 0.6) is 11.5 Å². The number of anilines is 1. The fourth-order valence-corrected chi connectivity index (χ4v) is 4.81. The molecule has 7 nitrogen and oxygen atoms in total. The van der Waals surface area contributed by atoms with Crippen molar-refractivity contribution >= 4 is 40.4 Å². The Balaban J connectivity index is 1.30. The van der Waals surface area contributed by atoms with E-state index in [9.17, 15) is 18.8 Å². The maximum atomic E-state index is 13.7. The fraction of sp³-hybridized carbons (Fsp3) is 0.0571. The molecule has 212 valence electrons. The van der Waals surface area contributed by atoms with Gasteiger partial charge in [0.2, 0.25) is 0 Å². The Labute approximate surface area is 246 Å². The molecule has 1 N–H and O–H groups in total. The summed E-state index contributed by atoms with van der Waals surface area (Å²) in [5, 5.41) is 3.86. The number of nitrogens with one attached hydrogen (secondary N) is 1. The Hall–Kier alpha value is -5.76.